The van der Waals surface area contributed by atoms with Crippen LogP contribution >= 0.6 is 0 Å². The molecule has 2 atom stereocenters. The van der Waals surface area contributed by atoms with Gasteiger partial charge in [0.15, 0.2) is 0 Å². The van der Waals surface area contributed by atoms with Gasteiger partial charge >= 0.3 is 0 Å². The van der Waals surface area contributed by atoms with E-state index in [1.165, 1.54) is 25.7 Å². The zero-order chi connectivity index (χ0) is 14.4. The maximum Gasteiger partial charge on any atom is 0.221 e. The first-order valence-electron chi connectivity index (χ1n) is 8.29. The summed E-state index contributed by atoms with van der Waals surface area (Å²) in [5.41, 5.74) is 0.00745. The van der Waals surface area contributed by atoms with E-state index in [-0.39, 0.29) is 23.5 Å². The van der Waals surface area contributed by atoms with E-state index in [1.807, 2.05) is 7.05 Å². The van der Waals surface area contributed by atoms with Gasteiger partial charge in [-0.25, -0.2) is 0 Å². The Morgan fingerprint density at radius 3 is 2.50 bits per heavy atom. The van der Waals surface area contributed by atoms with Gasteiger partial charge in [0.2, 0.25) is 5.91 Å². The average molecular weight is 282 g/mol. The minimum atomic E-state index is -0.225. The van der Waals surface area contributed by atoms with E-state index >= 15 is 0 Å². The third-order valence-corrected chi connectivity index (χ3v) is 5.27. The number of nitrogens with one attached hydrogen (secondary N) is 2. The fourth-order valence-corrected chi connectivity index (χ4v) is 3.78. The van der Waals surface area contributed by atoms with Crippen LogP contribution < -0.4 is 10.6 Å². The largest absolute Gasteiger partial charge is 0.393 e. The van der Waals surface area contributed by atoms with E-state index in [0.717, 1.165) is 32.1 Å². The van der Waals surface area contributed by atoms with Crippen LogP contribution in [0.5, 0.6) is 0 Å². The number of aliphatic hydroxyl groups excluding tert-OH is 1. The Morgan fingerprint density at radius 1 is 1.15 bits per heavy atom. The summed E-state index contributed by atoms with van der Waals surface area (Å²) >= 11 is 0. The van der Waals surface area contributed by atoms with Crippen molar-refractivity contribution in [3.05, 3.63) is 0 Å². The Morgan fingerprint density at radius 2 is 1.85 bits per heavy atom. The molecule has 0 bridgehead atoms. The van der Waals surface area contributed by atoms with Gasteiger partial charge in [0.1, 0.15) is 0 Å². The van der Waals surface area contributed by atoms with Crippen LogP contribution in [0.4, 0.5) is 0 Å². The summed E-state index contributed by atoms with van der Waals surface area (Å²) in [6, 6.07) is 0. The maximum absolute atomic E-state index is 12.2. The van der Waals surface area contributed by atoms with Crippen molar-refractivity contribution in [2.45, 2.75) is 75.9 Å². The van der Waals surface area contributed by atoms with Gasteiger partial charge in [-0.3, -0.25) is 4.79 Å². The number of carbonyl (C=O) groups excluding carboxylic acids is 1. The fourth-order valence-electron chi connectivity index (χ4n) is 3.78. The van der Waals surface area contributed by atoms with Crippen molar-refractivity contribution in [3.63, 3.8) is 0 Å². The molecule has 0 aromatic heterocycles. The predicted octanol–water partition coefficient (Wildman–Crippen LogP) is 1.97. The molecule has 0 radical (unpaired) electrons. The van der Waals surface area contributed by atoms with Gasteiger partial charge in [-0.1, -0.05) is 32.1 Å². The smallest absolute Gasteiger partial charge is 0.221 e. The van der Waals surface area contributed by atoms with E-state index in [4.69, 9.17) is 0 Å². The zero-order valence-electron chi connectivity index (χ0n) is 12.8. The molecular weight excluding hydrogens is 252 g/mol. The number of carbonyl (C=O) groups is 1. The van der Waals surface area contributed by atoms with Gasteiger partial charge in [-0.15, -0.1) is 0 Å². The Kier molecular flexibility index (Phi) is 5.85. The average Bonchev–Trinajstić information content (AvgIpc) is 2.47. The fraction of sp³-hybridized carbons (Fsp3) is 0.938. The first kappa shape index (κ1) is 15.8. The van der Waals surface area contributed by atoms with E-state index in [9.17, 15) is 9.90 Å². The van der Waals surface area contributed by atoms with Crippen LogP contribution in [0, 0.1) is 5.92 Å². The summed E-state index contributed by atoms with van der Waals surface area (Å²) in [7, 11) is 1.98. The van der Waals surface area contributed by atoms with Gasteiger partial charge in [0, 0.05) is 24.4 Å². The highest BCUT2D eigenvalue weighted by atomic mass is 16.3. The molecule has 2 rings (SSSR count). The second kappa shape index (κ2) is 7.41. The van der Waals surface area contributed by atoms with Crippen LogP contribution in [-0.4, -0.2) is 36.2 Å². The molecule has 0 saturated heterocycles. The van der Waals surface area contributed by atoms with Gasteiger partial charge in [-0.05, 0) is 32.7 Å². The molecule has 116 valence electrons. The lowest BCUT2D eigenvalue weighted by Crippen LogP contribution is -2.49. The topological polar surface area (TPSA) is 61.4 Å². The van der Waals surface area contributed by atoms with Crippen LogP contribution in [-0.2, 0) is 4.79 Å². The molecule has 0 aromatic rings. The van der Waals surface area contributed by atoms with Crippen molar-refractivity contribution in [2.75, 3.05) is 13.6 Å². The Labute approximate surface area is 122 Å². The molecule has 2 aliphatic carbocycles. The maximum atomic E-state index is 12.2. The van der Waals surface area contributed by atoms with Crippen LogP contribution in [0.15, 0.2) is 0 Å². The minimum Gasteiger partial charge on any atom is -0.393 e. The lowest BCUT2D eigenvalue weighted by atomic mass is 9.79. The molecule has 2 fully saturated rings. The third-order valence-electron chi connectivity index (χ3n) is 5.27. The number of aliphatic hydroxyl groups is 1. The molecule has 0 aliphatic heterocycles. The molecule has 2 unspecified atom stereocenters. The second-order valence-corrected chi connectivity index (χ2v) is 6.68. The van der Waals surface area contributed by atoms with Gasteiger partial charge in [0.05, 0.1) is 6.10 Å². The molecule has 2 aliphatic rings. The van der Waals surface area contributed by atoms with Crippen LogP contribution in [0.25, 0.3) is 0 Å². The predicted molar refractivity (Wildman–Crippen MR) is 80.5 cm³/mol. The first-order chi connectivity index (χ1) is 9.65. The number of amides is 1. The summed E-state index contributed by atoms with van der Waals surface area (Å²) < 4.78 is 0. The molecule has 3 N–H and O–H groups in total. The van der Waals surface area contributed by atoms with Crippen molar-refractivity contribution >= 4 is 5.91 Å². The highest BCUT2D eigenvalue weighted by Crippen LogP contribution is 2.30. The quantitative estimate of drug-likeness (QED) is 0.722. The standard InChI is InChI=1S/C16H30N2O2/c1-17-16(9-5-2-6-10-16)11-15(20)18-12-13-7-3-4-8-14(13)19/h13-14,17,19H,2-12H2,1H3,(H,18,20). The van der Waals surface area contributed by atoms with Gasteiger partial charge in [0.25, 0.3) is 0 Å². The summed E-state index contributed by atoms with van der Waals surface area (Å²) in [5, 5.41) is 16.4. The Balaban J connectivity index is 1.76. The van der Waals surface area contributed by atoms with Gasteiger partial charge < -0.3 is 15.7 Å². The van der Waals surface area contributed by atoms with Crippen molar-refractivity contribution < 1.29 is 9.90 Å². The van der Waals surface area contributed by atoms with Crippen LogP contribution in [0.1, 0.15) is 64.2 Å². The second-order valence-electron chi connectivity index (χ2n) is 6.68. The van der Waals surface area contributed by atoms with Crippen molar-refractivity contribution in [1.29, 1.82) is 0 Å². The van der Waals surface area contributed by atoms with Crippen LogP contribution in [0.2, 0.25) is 0 Å². The monoisotopic (exact) mass is 282 g/mol. The van der Waals surface area contributed by atoms with Crippen molar-refractivity contribution in [3.8, 4) is 0 Å². The number of hydrogen-bond acceptors (Lipinski definition) is 3. The molecular formula is C16H30N2O2. The molecule has 0 heterocycles. The summed E-state index contributed by atoms with van der Waals surface area (Å²) in [4.78, 5) is 12.2. The molecule has 4 nitrogen and oxygen atoms in total. The van der Waals surface area contributed by atoms with E-state index < -0.39 is 0 Å². The van der Waals surface area contributed by atoms with Crippen molar-refractivity contribution in [1.82, 2.24) is 10.6 Å². The highest BCUT2D eigenvalue weighted by molar-refractivity contribution is 5.77. The molecule has 1 amide bonds. The van der Waals surface area contributed by atoms with E-state index in [0.29, 0.717) is 13.0 Å². The number of hydrogen-bond donors (Lipinski definition) is 3. The van der Waals surface area contributed by atoms with E-state index in [1.54, 1.807) is 0 Å². The summed E-state index contributed by atoms with van der Waals surface area (Å²) in [6.07, 6.45) is 10.5. The highest BCUT2D eigenvalue weighted by Gasteiger charge is 2.33. The SMILES string of the molecule is CNC1(CC(=O)NCC2CCCCC2O)CCCCC1. The first-order valence-corrected chi connectivity index (χ1v) is 8.29. The Hall–Kier alpha value is -0.610. The Bertz CT molecular complexity index is 314. The minimum absolute atomic E-state index is 0.00745. The van der Waals surface area contributed by atoms with Gasteiger partial charge in [-0.2, -0.15) is 0 Å². The molecule has 0 spiro atoms. The molecule has 2 saturated carbocycles. The lowest BCUT2D eigenvalue weighted by Gasteiger charge is -2.37. The molecule has 4 heteroatoms. The third kappa shape index (κ3) is 4.19. The van der Waals surface area contributed by atoms with Crippen LogP contribution in [0.3, 0.4) is 0 Å². The van der Waals surface area contributed by atoms with E-state index in [2.05, 4.69) is 10.6 Å². The van der Waals surface area contributed by atoms with Crippen molar-refractivity contribution in [2.24, 2.45) is 5.92 Å². The molecule has 0 aromatic carbocycles. The lowest BCUT2D eigenvalue weighted by molar-refractivity contribution is -0.123. The molecule has 20 heavy (non-hydrogen) atoms. The normalized spacial score (nSPS) is 29.9. The number of rotatable bonds is 5. The zero-order valence-corrected chi connectivity index (χ0v) is 12.8. The summed E-state index contributed by atoms with van der Waals surface area (Å²) in [6.45, 7) is 0.639. The summed E-state index contributed by atoms with van der Waals surface area (Å²) in [5.74, 6) is 0.392.